The fraction of sp³-hybridized carbons (Fsp3) is 0.400. The normalized spacial score (nSPS) is 17.8. The third kappa shape index (κ3) is 6.34. The maximum absolute atomic E-state index is 13.7. The summed E-state index contributed by atoms with van der Waals surface area (Å²) in [5.41, 5.74) is 2.98. The lowest BCUT2D eigenvalue weighted by Crippen LogP contribution is -2.43. The van der Waals surface area contributed by atoms with E-state index in [2.05, 4.69) is 11.9 Å². The van der Waals surface area contributed by atoms with Crippen molar-refractivity contribution in [2.24, 2.45) is 11.8 Å². The number of esters is 1. The molecule has 37 heavy (non-hydrogen) atoms. The minimum Gasteiger partial charge on any atom is -0.462 e. The van der Waals surface area contributed by atoms with Crippen LogP contribution in [0.15, 0.2) is 54.9 Å². The molecule has 0 aliphatic heterocycles. The van der Waals surface area contributed by atoms with Crippen LogP contribution in [0.25, 0.3) is 17.8 Å². The van der Waals surface area contributed by atoms with Gasteiger partial charge in [0, 0.05) is 24.4 Å². The molecule has 1 saturated carbocycles. The predicted octanol–water partition coefficient (Wildman–Crippen LogP) is 6.18. The van der Waals surface area contributed by atoms with Gasteiger partial charge in [0.05, 0.1) is 18.0 Å². The summed E-state index contributed by atoms with van der Waals surface area (Å²) in [7, 11) is 0. The van der Waals surface area contributed by atoms with Crippen molar-refractivity contribution < 1.29 is 14.3 Å². The van der Waals surface area contributed by atoms with Gasteiger partial charge in [0.2, 0.25) is 5.91 Å². The van der Waals surface area contributed by atoms with E-state index < -0.39 is 5.97 Å². The molecule has 0 bridgehead atoms. The molecule has 2 aromatic heterocycles. The van der Waals surface area contributed by atoms with E-state index in [1.54, 1.807) is 28.9 Å². The quantitative estimate of drug-likeness (QED) is 0.345. The van der Waals surface area contributed by atoms with E-state index in [-0.39, 0.29) is 24.5 Å². The van der Waals surface area contributed by atoms with Crippen LogP contribution >= 0.6 is 0 Å². The summed E-state index contributed by atoms with van der Waals surface area (Å²) in [6, 6.07) is 13.5. The van der Waals surface area contributed by atoms with Crippen molar-refractivity contribution in [3.8, 4) is 5.69 Å². The molecule has 0 radical (unpaired) electrons. The lowest BCUT2D eigenvalue weighted by atomic mass is 9.82. The molecule has 2 heterocycles. The smallest absolute Gasteiger partial charge is 0.343 e. The Hall–Kier alpha value is -3.74. The Balaban J connectivity index is 1.64. The summed E-state index contributed by atoms with van der Waals surface area (Å²) >= 11 is 0. The lowest BCUT2D eigenvalue weighted by molar-refractivity contribution is -0.124. The second-order valence-electron chi connectivity index (χ2n) is 9.97. The first kappa shape index (κ1) is 26.3. The first-order valence-corrected chi connectivity index (χ1v) is 13.2. The fourth-order valence-corrected chi connectivity index (χ4v) is 4.73. The number of ether oxygens (including phenoxy) is 1. The van der Waals surface area contributed by atoms with Gasteiger partial charge in [0.1, 0.15) is 5.56 Å². The topological polar surface area (TPSA) is 77.3 Å². The zero-order valence-electron chi connectivity index (χ0n) is 22.1. The van der Waals surface area contributed by atoms with E-state index in [4.69, 9.17) is 9.84 Å². The minimum atomic E-state index is -0.477. The number of hydrogen-bond donors (Lipinski definition) is 0. The fourth-order valence-electron chi connectivity index (χ4n) is 4.73. The summed E-state index contributed by atoms with van der Waals surface area (Å²) in [5, 5.41) is 4.75. The van der Waals surface area contributed by atoms with Crippen LogP contribution in [0.5, 0.6) is 0 Å². The summed E-state index contributed by atoms with van der Waals surface area (Å²) in [4.78, 5) is 32.6. The highest BCUT2D eigenvalue weighted by Gasteiger charge is 2.34. The van der Waals surface area contributed by atoms with Gasteiger partial charge in [0.25, 0.3) is 0 Å². The van der Waals surface area contributed by atoms with Gasteiger partial charge in [-0.15, -0.1) is 5.10 Å². The van der Waals surface area contributed by atoms with Gasteiger partial charge in [0.15, 0.2) is 5.82 Å². The van der Waals surface area contributed by atoms with E-state index in [9.17, 15) is 9.59 Å². The van der Waals surface area contributed by atoms with E-state index >= 15 is 0 Å². The Morgan fingerprint density at radius 2 is 1.81 bits per heavy atom. The molecule has 0 unspecified atom stereocenters. The Morgan fingerprint density at radius 1 is 1.08 bits per heavy atom. The van der Waals surface area contributed by atoms with E-state index in [0.29, 0.717) is 17.3 Å². The zero-order chi connectivity index (χ0) is 26.4. The molecule has 0 saturated heterocycles. The zero-order valence-corrected chi connectivity index (χ0v) is 22.1. The number of anilines is 1. The van der Waals surface area contributed by atoms with Gasteiger partial charge >= 0.3 is 5.97 Å². The van der Waals surface area contributed by atoms with Crippen LogP contribution in [0.1, 0.15) is 75.0 Å². The predicted molar refractivity (Wildman–Crippen MR) is 146 cm³/mol. The summed E-state index contributed by atoms with van der Waals surface area (Å²) in [6.07, 6.45) is 11.2. The Labute approximate surface area is 219 Å². The highest BCUT2D eigenvalue weighted by molar-refractivity contribution is 6.02. The molecular formula is C30H36N4O3. The van der Waals surface area contributed by atoms with Crippen LogP contribution in [0.4, 0.5) is 5.82 Å². The molecule has 7 heteroatoms. The largest absolute Gasteiger partial charge is 0.462 e. The molecule has 4 rings (SSSR count). The number of amides is 1. The summed E-state index contributed by atoms with van der Waals surface area (Å²) in [6.45, 7) is 8.17. The molecule has 1 aliphatic carbocycles. The summed E-state index contributed by atoms with van der Waals surface area (Å²) < 4.78 is 6.99. The third-order valence-electron chi connectivity index (χ3n) is 6.83. The maximum atomic E-state index is 13.7. The van der Waals surface area contributed by atoms with Crippen molar-refractivity contribution in [2.75, 3.05) is 11.5 Å². The van der Waals surface area contributed by atoms with Crippen LogP contribution in [-0.2, 0) is 9.53 Å². The van der Waals surface area contributed by atoms with Crippen molar-refractivity contribution in [1.82, 2.24) is 14.8 Å². The third-order valence-corrected chi connectivity index (χ3v) is 6.83. The highest BCUT2D eigenvalue weighted by atomic mass is 16.5. The van der Waals surface area contributed by atoms with Gasteiger partial charge < -0.3 is 4.74 Å². The molecule has 0 N–H and O–H groups in total. The number of carbonyl (C=O) groups is 2. The van der Waals surface area contributed by atoms with Gasteiger partial charge in [-0.1, -0.05) is 31.2 Å². The van der Waals surface area contributed by atoms with Crippen LogP contribution in [0.2, 0.25) is 0 Å². The molecular weight excluding hydrogens is 464 g/mol. The number of carbonyl (C=O) groups excluding carboxylic acids is 2. The van der Waals surface area contributed by atoms with Crippen molar-refractivity contribution in [3.63, 3.8) is 0 Å². The lowest BCUT2D eigenvalue weighted by Gasteiger charge is -2.32. The highest BCUT2D eigenvalue weighted by Crippen LogP contribution is 2.33. The molecule has 1 aromatic carbocycles. The molecule has 7 nitrogen and oxygen atoms in total. The number of nitrogens with zero attached hydrogens (tertiary/aromatic N) is 4. The Morgan fingerprint density at radius 3 is 2.43 bits per heavy atom. The van der Waals surface area contributed by atoms with Crippen LogP contribution < -0.4 is 4.90 Å². The second-order valence-corrected chi connectivity index (χ2v) is 9.97. The Bertz CT molecular complexity index is 1220. The van der Waals surface area contributed by atoms with Crippen molar-refractivity contribution in [1.29, 1.82) is 0 Å². The SMILES string of the molecule is CCOC(=O)c1cn(-c2ccc(/C=C/c3ccccn3)cc2)nc1N(C(=O)[C@H]1CC[C@H](C)CC1)C(C)C. The first-order valence-electron chi connectivity index (χ1n) is 13.2. The summed E-state index contributed by atoms with van der Waals surface area (Å²) in [5.74, 6) is 0.509. The molecule has 194 valence electrons. The van der Waals surface area contributed by atoms with E-state index in [0.717, 1.165) is 42.6 Å². The number of pyridine rings is 1. The Kier molecular flexibility index (Phi) is 8.54. The molecule has 0 atom stereocenters. The van der Waals surface area contributed by atoms with Crippen LogP contribution in [0, 0.1) is 11.8 Å². The second kappa shape index (κ2) is 12.0. The average Bonchev–Trinajstić information content (AvgIpc) is 3.33. The number of hydrogen-bond acceptors (Lipinski definition) is 5. The van der Waals surface area contributed by atoms with Crippen molar-refractivity contribution in [3.05, 3.63) is 71.7 Å². The van der Waals surface area contributed by atoms with Crippen molar-refractivity contribution >= 4 is 29.8 Å². The first-order chi connectivity index (χ1) is 17.9. The number of benzene rings is 1. The van der Waals surface area contributed by atoms with E-state index in [1.807, 2.05) is 68.5 Å². The standard InChI is InChI=1S/C30H36N4O3/c1-5-37-30(36)27-20-33(26-17-12-23(13-18-26)11-16-25-8-6-7-19-31-25)32-28(27)34(21(2)3)29(35)24-14-9-22(4)10-15-24/h6-8,11-13,16-22,24H,5,9-10,14-15H2,1-4H3/b16-11+/t22-,24-. The average molecular weight is 501 g/mol. The van der Waals surface area contributed by atoms with Gasteiger partial charge in [-0.3, -0.25) is 14.7 Å². The minimum absolute atomic E-state index is 0.0349. The monoisotopic (exact) mass is 500 g/mol. The number of rotatable bonds is 8. The number of aromatic nitrogens is 3. The molecule has 1 amide bonds. The van der Waals surface area contributed by atoms with Crippen molar-refractivity contribution in [2.45, 2.75) is 59.4 Å². The van der Waals surface area contributed by atoms with Crippen LogP contribution in [-0.4, -0.2) is 39.3 Å². The van der Waals surface area contributed by atoms with E-state index in [1.165, 1.54) is 0 Å². The van der Waals surface area contributed by atoms with Gasteiger partial charge in [-0.25, -0.2) is 9.48 Å². The van der Waals surface area contributed by atoms with Gasteiger partial charge in [-0.2, -0.15) is 0 Å². The molecule has 1 aliphatic rings. The molecule has 3 aromatic rings. The van der Waals surface area contributed by atoms with Crippen LogP contribution in [0.3, 0.4) is 0 Å². The van der Waals surface area contributed by atoms with Gasteiger partial charge in [-0.05, 0) is 88.3 Å². The maximum Gasteiger partial charge on any atom is 0.343 e. The molecule has 0 spiro atoms. The molecule has 1 fully saturated rings.